The van der Waals surface area contributed by atoms with E-state index < -0.39 is 0 Å². The van der Waals surface area contributed by atoms with E-state index in [1.54, 1.807) is 0 Å². The van der Waals surface area contributed by atoms with Gasteiger partial charge in [0.2, 0.25) is 11.8 Å². The molecule has 2 fully saturated rings. The molecule has 4 aromatic rings. The Balaban J connectivity index is 1.24. The van der Waals surface area contributed by atoms with E-state index >= 15 is 0 Å². The smallest absolute Gasteiger partial charge is 0.225 e. The Morgan fingerprint density at radius 1 is 0.711 bits per heavy atom. The number of amides is 2. The third kappa shape index (κ3) is 7.90. The van der Waals surface area contributed by atoms with Crippen LogP contribution in [-0.4, -0.2) is 80.0 Å². The fourth-order valence-electron chi connectivity index (χ4n) is 6.37. The molecule has 0 saturated carbocycles. The van der Waals surface area contributed by atoms with Gasteiger partial charge >= 0.3 is 0 Å². The van der Waals surface area contributed by atoms with Crippen LogP contribution in [0.4, 0.5) is 22.7 Å². The molecule has 45 heavy (non-hydrogen) atoms. The van der Waals surface area contributed by atoms with Gasteiger partial charge in [-0.3, -0.25) is 9.59 Å². The van der Waals surface area contributed by atoms with Crippen LogP contribution in [0, 0.1) is 0 Å². The number of nitrogens with zero attached hydrogens (tertiary/aromatic N) is 4. The third-order valence-corrected chi connectivity index (χ3v) is 8.97. The maximum atomic E-state index is 12.8. The lowest BCUT2D eigenvalue weighted by molar-refractivity contribution is -0.117. The van der Waals surface area contributed by atoms with E-state index in [-0.39, 0.29) is 11.8 Å². The number of nitrogens with one attached hydrogen (secondary N) is 3. The molecule has 9 heteroatoms. The van der Waals surface area contributed by atoms with Crippen LogP contribution < -0.4 is 20.9 Å². The fourth-order valence-corrected chi connectivity index (χ4v) is 6.37. The number of pyridine rings is 1. The van der Waals surface area contributed by atoms with Gasteiger partial charge in [0, 0.05) is 74.4 Å². The van der Waals surface area contributed by atoms with Gasteiger partial charge in [-0.2, -0.15) is 0 Å². The highest BCUT2D eigenvalue weighted by molar-refractivity contribution is 6.09. The molecule has 3 N–H and O–H groups in total. The predicted molar refractivity (Wildman–Crippen MR) is 185 cm³/mol. The number of fused-ring (bicyclic) bond motifs is 2. The van der Waals surface area contributed by atoms with Crippen molar-refractivity contribution in [2.24, 2.45) is 0 Å². The summed E-state index contributed by atoms with van der Waals surface area (Å²) in [6.07, 6.45) is 5.82. The fraction of sp³-hybridized carbons (Fsp3) is 0.417. The first-order chi connectivity index (χ1) is 21.9. The molecule has 0 unspecified atom stereocenters. The van der Waals surface area contributed by atoms with E-state index in [2.05, 4.69) is 54.9 Å². The summed E-state index contributed by atoms with van der Waals surface area (Å²) in [4.78, 5) is 37.4. The number of carbonyl (C=O) groups excluding carboxylic acids is 2. The Bertz CT molecular complexity index is 1550. The largest absolute Gasteiger partial charge is 0.380 e. The minimum absolute atomic E-state index is 0.0143. The topological polar surface area (TPSA) is 92.8 Å². The van der Waals surface area contributed by atoms with Gasteiger partial charge in [-0.15, -0.1) is 0 Å². The number of likely N-dealkylation sites (tertiary alicyclic amines) is 2. The summed E-state index contributed by atoms with van der Waals surface area (Å²) in [5, 5.41) is 11.8. The van der Waals surface area contributed by atoms with E-state index in [9.17, 15) is 9.59 Å². The van der Waals surface area contributed by atoms with Gasteiger partial charge in [0.25, 0.3) is 0 Å². The molecule has 0 bridgehead atoms. The van der Waals surface area contributed by atoms with Crippen LogP contribution in [0.3, 0.4) is 0 Å². The van der Waals surface area contributed by atoms with E-state index in [0.717, 1.165) is 83.8 Å². The lowest BCUT2D eigenvalue weighted by Crippen LogP contribution is -2.25. The minimum Gasteiger partial charge on any atom is -0.380 e. The summed E-state index contributed by atoms with van der Waals surface area (Å²) in [7, 11) is 4.08. The van der Waals surface area contributed by atoms with Gasteiger partial charge in [0.05, 0.1) is 16.7 Å². The van der Waals surface area contributed by atoms with E-state index in [1.807, 2.05) is 50.5 Å². The van der Waals surface area contributed by atoms with E-state index in [0.29, 0.717) is 19.4 Å². The van der Waals surface area contributed by atoms with Crippen molar-refractivity contribution in [2.45, 2.75) is 45.1 Å². The highest BCUT2D eigenvalue weighted by Crippen LogP contribution is 2.34. The Labute approximate surface area is 266 Å². The molecule has 2 aliphatic heterocycles. The van der Waals surface area contributed by atoms with Gasteiger partial charge < -0.3 is 30.7 Å². The number of anilines is 4. The number of hydrogen-bond acceptors (Lipinski definition) is 7. The van der Waals surface area contributed by atoms with Crippen LogP contribution in [0.25, 0.3) is 21.8 Å². The number of carbonyl (C=O) groups is 2. The summed E-state index contributed by atoms with van der Waals surface area (Å²) in [5.74, 6) is 0.0287. The third-order valence-electron chi connectivity index (χ3n) is 8.97. The van der Waals surface area contributed by atoms with Crippen molar-refractivity contribution in [1.29, 1.82) is 0 Å². The van der Waals surface area contributed by atoms with Crippen molar-refractivity contribution < 1.29 is 9.59 Å². The first-order valence-corrected chi connectivity index (χ1v) is 16.3. The van der Waals surface area contributed by atoms with Gasteiger partial charge in [-0.25, -0.2) is 4.98 Å². The van der Waals surface area contributed by atoms with Crippen molar-refractivity contribution in [1.82, 2.24) is 14.8 Å². The molecule has 3 heterocycles. The molecule has 2 aliphatic rings. The molecule has 6 rings (SSSR count). The average molecular weight is 608 g/mol. The van der Waals surface area contributed by atoms with E-state index in [4.69, 9.17) is 4.98 Å². The average Bonchev–Trinajstić information content (AvgIpc) is 3.76. The summed E-state index contributed by atoms with van der Waals surface area (Å²) >= 11 is 0. The molecular formula is C36H45N7O2. The predicted octanol–water partition coefficient (Wildman–Crippen LogP) is 5.91. The number of aromatic nitrogens is 1. The van der Waals surface area contributed by atoms with Gasteiger partial charge in [0.1, 0.15) is 0 Å². The quantitative estimate of drug-likeness (QED) is 0.172. The molecule has 0 atom stereocenters. The molecule has 236 valence electrons. The Kier molecular flexibility index (Phi) is 9.76. The second kappa shape index (κ2) is 14.3. The normalized spacial score (nSPS) is 15.5. The lowest BCUT2D eigenvalue weighted by Gasteiger charge is -2.17. The van der Waals surface area contributed by atoms with Crippen LogP contribution >= 0.6 is 0 Å². The molecular weight excluding hydrogens is 562 g/mol. The number of rotatable bonds is 12. The van der Waals surface area contributed by atoms with Crippen molar-refractivity contribution in [3.63, 3.8) is 0 Å². The molecule has 0 aliphatic carbocycles. The maximum Gasteiger partial charge on any atom is 0.225 e. The highest BCUT2D eigenvalue weighted by atomic mass is 16.2. The molecule has 9 nitrogen and oxygen atoms in total. The van der Waals surface area contributed by atoms with Crippen LogP contribution in [0.1, 0.15) is 44.1 Å². The van der Waals surface area contributed by atoms with Gasteiger partial charge in [0.15, 0.2) is 0 Å². The van der Waals surface area contributed by atoms with Crippen molar-refractivity contribution in [3.8, 4) is 0 Å². The van der Waals surface area contributed by atoms with Gasteiger partial charge in [-0.1, -0.05) is 12.1 Å². The molecule has 0 spiro atoms. The van der Waals surface area contributed by atoms with Gasteiger partial charge in [-0.05, 0) is 106 Å². The maximum absolute atomic E-state index is 12.8. The second-order valence-corrected chi connectivity index (χ2v) is 12.6. The van der Waals surface area contributed by atoms with Crippen LogP contribution in [0.5, 0.6) is 0 Å². The SMILES string of the molecule is CN(C)c1ccc(CNc2c3ccc(NC(=O)CCN4CCCC4)cc3nc3cc(NC(=O)CCN4CCCC4)ccc23)cc1. The van der Waals surface area contributed by atoms with Crippen molar-refractivity contribution in [2.75, 3.05) is 74.2 Å². The monoisotopic (exact) mass is 607 g/mol. The van der Waals surface area contributed by atoms with Crippen molar-refractivity contribution >= 4 is 56.4 Å². The Morgan fingerprint density at radius 2 is 1.20 bits per heavy atom. The highest BCUT2D eigenvalue weighted by Gasteiger charge is 2.16. The zero-order valence-electron chi connectivity index (χ0n) is 26.6. The zero-order chi connectivity index (χ0) is 31.2. The first-order valence-electron chi connectivity index (χ1n) is 16.3. The van der Waals surface area contributed by atoms with Crippen LogP contribution in [-0.2, 0) is 16.1 Å². The molecule has 2 amide bonds. The number of hydrogen-bond donors (Lipinski definition) is 3. The summed E-state index contributed by atoms with van der Waals surface area (Å²) in [6, 6.07) is 20.4. The van der Waals surface area contributed by atoms with Crippen LogP contribution in [0.15, 0.2) is 60.7 Å². The molecule has 0 radical (unpaired) electrons. The summed E-state index contributed by atoms with van der Waals surface area (Å²) < 4.78 is 0. The second-order valence-electron chi connectivity index (χ2n) is 12.6. The molecule has 1 aromatic heterocycles. The Morgan fingerprint density at radius 3 is 1.67 bits per heavy atom. The zero-order valence-corrected chi connectivity index (χ0v) is 26.6. The molecule has 2 saturated heterocycles. The summed E-state index contributed by atoms with van der Waals surface area (Å²) in [6.45, 7) is 6.55. The standard InChI is InChI=1S/C36H45N7O2/c1-41(2)29-11-7-26(8-12-29)25-37-36-30-13-9-27(38-34(44)15-21-42-17-3-4-18-42)23-32(30)40-33-24-28(10-14-31(33)36)39-35(45)16-22-43-19-5-6-20-43/h7-14,23-24H,3-6,15-22,25H2,1-2H3,(H,37,40)(H,38,44)(H,39,45). The van der Waals surface area contributed by atoms with E-state index in [1.165, 1.54) is 31.2 Å². The minimum atomic E-state index is 0.0143. The molecule has 3 aromatic carbocycles. The first kappa shape index (κ1) is 30.8. The Hall–Kier alpha value is -4.21. The van der Waals surface area contributed by atoms with Crippen molar-refractivity contribution in [3.05, 3.63) is 66.2 Å². The summed E-state index contributed by atoms with van der Waals surface area (Å²) in [5.41, 5.74) is 6.33. The lowest BCUT2D eigenvalue weighted by atomic mass is 10.1. The van der Waals surface area contributed by atoms with Crippen LogP contribution in [0.2, 0.25) is 0 Å². The number of benzene rings is 3.